The smallest absolute Gasteiger partial charge is 0.171 e. The minimum atomic E-state index is 0.338. The lowest BCUT2D eigenvalue weighted by molar-refractivity contribution is 0.144. The van der Waals surface area contributed by atoms with Crippen LogP contribution in [0.15, 0.2) is 54.6 Å². The van der Waals surface area contributed by atoms with Crippen molar-refractivity contribution in [3.05, 3.63) is 76.9 Å². The Hall–Kier alpha value is -4.46. The summed E-state index contributed by atoms with van der Waals surface area (Å²) in [6.45, 7) is 4.66. The van der Waals surface area contributed by atoms with Crippen LogP contribution in [-0.2, 0) is 4.74 Å². The number of hydrogen-bond acceptors (Lipinski definition) is 7. The average molecular weight is 455 g/mol. The van der Waals surface area contributed by atoms with E-state index in [0.29, 0.717) is 47.4 Å². The first-order valence-electron chi connectivity index (χ1n) is 10.6. The van der Waals surface area contributed by atoms with E-state index in [4.69, 9.17) is 30.5 Å². The van der Waals surface area contributed by atoms with Crippen molar-refractivity contribution >= 4 is 23.1 Å². The highest BCUT2D eigenvalue weighted by Crippen LogP contribution is 2.41. The number of nitrogens with zero attached hydrogens (tertiary/aromatic N) is 2. The number of nitrogen functional groups attached to an aromatic ring is 1. The van der Waals surface area contributed by atoms with Crippen LogP contribution in [-0.4, -0.2) is 20.3 Å². The molecule has 34 heavy (non-hydrogen) atoms. The van der Waals surface area contributed by atoms with Gasteiger partial charge in [0.2, 0.25) is 0 Å². The Balaban J connectivity index is 1.97. The summed E-state index contributed by atoms with van der Waals surface area (Å²) in [4.78, 5) is 0. The molecular formula is C27H26N4O3. The van der Waals surface area contributed by atoms with E-state index in [0.717, 1.165) is 22.4 Å². The van der Waals surface area contributed by atoms with Gasteiger partial charge in [-0.1, -0.05) is 0 Å². The molecule has 0 radical (unpaired) electrons. The van der Waals surface area contributed by atoms with Gasteiger partial charge in [0.15, 0.2) is 11.5 Å². The molecule has 0 unspecified atom stereocenters. The maximum Gasteiger partial charge on any atom is 0.171 e. The molecule has 0 aliphatic heterocycles. The number of anilines is 3. The Morgan fingerprint density at radius 2 is 1.68 bits per heavy atom. The van der Waals surface area contributed by atoms with E-state index in [9.17, 15) is 0 Å². The van der Waals surface area contributed by atoms with Gasteiger partial charge in [0.25, 0.3) is 0 Å². The van der Waals surface area contributed by atoms with Gasteiger partial charge in [-0.2, -0.15) is 10.5 Å². The Morgan fingerprint density at radius 3 is 2.29 bits per heavy atom. The number of rotatable bonds is 9. The topological polar surface area (TPSA) is 113 Å². The second-order valence-corrected chi connectivity index (χ2v) is 7.59. The van der Waals surface area contributed by atoms with Crippen LogP contribution in [0, 0.1) is 36.5 Å². The third kappa shape index (κ3) is 6.07. The average Bonchev–Trinajstić information content (AvgIpc) is 2.83. The number of methoxy groups -OCH3 is 1. The van der Waals surface area contributed by atoms with Crippen LogP contribution >= 0.6 is 0 Å². The lowest BCUT2D eigenvalue weighted by atomic mass is 10.1. The molecule has 0 saturated carbocycles. The predicted octanol–water partition coefficient (Wildman–Crippen LogP) is 5.86. The summed E-state index contributed by atoms with van der Waals surface area (Å²) >= 11 is 0. The SMILES string of the molecule is COCCOc1cc(N)c(Nc2ccc(C#N)cc2)cc1Oc1c(C)cc(/C=C/C#N)cc1C. The molecule has 0 aliphatic rings. The lowest BCUT2D eigenvalue weighted by Crippen LogP contribution is -2.07. The maximum atomic E-state index is 9.01. The van der Waals surface area contributed by atoms with Gasteiger partial charge >= 0.3 is 0 Å². The van der Waals surface area contributed by atoms with Gasteiger partial charge < -0.3 is 25.3 Å². The van der Waals surface area contributed by atoms with E-state index in [-0.39, 0.29) is 0 Å². The van der Waals surface area contributed by atoms with Gasteiger partial charge in [-0.05, 0) is 73.0 Å². The Labute approximate surface area is 199 Å². The molecule has 0 atom stereocenters. The first kappa shape index (κ1) is 24.2. The summed E-state index contributed by atoms with van der Waals surface area (Å²) < 4.78 is 17.3. The molecule has 0 heterocycles. The molecule has 0 aliphatic carbocycles. The van der Waals surface area contributed by atoms with Crippen molar-refractivity contribution in [1.29, 1.82) is 10.5 Å². The summed E-state index contributed by atoms with van der Waals surface area (Å²) in [5.41, 5.74) is 11.5. The highest BCUT2D eigenvalue weighted by molar-refractivity contribution is 5.77. The van der Waals surface area contributed by atoms with Crippen LogP contribution in [0.2, 0.25) is 0 Å². The second kappa shape index (κ2) is 11.4. The molecule has 172 valence electrons. The van der Waals surface area contributed by atoms with Gasteiger partial charge in [0.05, 0.1) is 35.7 Å². The molecule has 0 amide bonds. The van der Waals surface area contributed by atoms with Gasteiger partial charge in [-0.3, -0.25) is 0 Å². The Morgan fingerprint density at radius 1 is 0.971 bits per heavy atom. The summed E-state index contributed by atoms with van der Waals surface area (Å²) in [6, 6.07) is 18.6. The van der Waals surface area contributed by atoms with E-state index in [1.807, 2.05) is 44.2 Å². The van der Waals surface area contributed by atoms with E-state index < -0.39 is 0 Å². The predicted molar refractivity (Wildman–Crippen MR) is 133 cm³/mol. The van der Waals surface area contributed by atoms with E-state index in [2.05, 4.69) is 11.4 Å². The fraction of sp³-hybridized carbons (Fsp3) is 0.185. The van der Waals surface area contributed by atoms with Crippen LogP contribution in [0.5, 0.6) is 17.2 Å². The zero-order chi connectivity index (χ0) is 24.5. The van der Waals surface area contributed by atoms with Crippen LogP contribution in [0.3, 0.4) is 0 Å². The molecule has 3 aromatic carbocycles. The standard InChI is InChI=1S/C27H26N4O3/c1-18-13-21(5-4-10-28)14-19(2)27(18)34-26-16-24(23(30)15-25(26)33-12-11-32-3)31-22-8-6-20(17-29)7-9-22/h4-9,13-16,31H,11-12,30H2,1-3H3/b5-4+. The van der Waals surface area contributed by atoms with Gasteiger partial charge in [0, 0.05) is 31.0 Å². The first-order chi connectivity index (χ1) is 16.4. The number of allylic oxidation sites excluding steroid dienone is 1. The Kier molecular flexibility index (Phi) is 8.12. The highest BCUT2D eigenvalue weighted by Gasteiger charge is 2.15. The second-order valence-electron chi connectivity index (χ2n) is 7.59. The number of benzene rings is 3. The van der Waals surface area contributed by atoms with Crippen molar-refractivity contribution in [3.8, 4) is 29.4 Å². The number of hydrogen-bond donors (Lipinski definition) is 2. The molecular weight excluding hydrogens is 428 g/mol. The van der Waals surface area contributed by atoms with E-state index >= 15 is 0 Å². The molecule has 7 nitrogen and oxygen atoms in total. The fourth-order valence-electron chi connectivity index (χ4n) is 3.38. The minimum Gasteiger partial charge on any atom is -0.487 e. The normalized spacial score (nSPS) is 10.5. The zero-order valence-electron chi connectivity index (χ0n) is 19.4. The molecule has 3 rings (SSSR count). The van der Waals surface area contributed by atoms with Crippen molar-refractivity contribution in [3.63, 3.8) is 0 Å². The third-order valence-corrected chi connectivity index (χ3v) is 5.00. The molecule has 0 bridgehead atoms. The number of aryl methyl sites for hydroxylation is 2. The molecule has 3 aromatic rings. The van der Waals surface area contributed by atoms with Gasteiger partial charge in [0.1, 0.15) is 12.4 Å². The van der Waals surface area contributed by atoms with Gasteiger partial charge in [-0.25, -0.2) is 0 Å². The van der Waals surface area contributed by atoms with Crippen molar-refractivity contribution in [1.82, 2.24) is 0 Å². The Bertz CT molecular complexity index is 1250. The number of nitrogens with one attached hydrogen (secondary N) is 1. The monoisotopic (exact) mass is 454 g/mol. The van der Waals surface area contributed by atoms with E-state index in [1.54, 1.807) is 37.5 Å². The highest BCUT2D eigenvalue weighted by atomic mass is 16.5. The van der Waals surface area contributed by atoms with Crippen molar-refractivity contribution in [2.75, 3.05) is 31.4 Å². The summed E-state index contributed by atoms with van der Waals surface area (Å²) in [5.74, 6) is 1.68. The molecule has 3 N–H and O–H groups in total. The van der Waals surface area contributed by atoms with E-state index in [1.165, 1.54) is 6.08 Å². The van der Waals surface area contributed by atoms with Crippen LogP contribution < -0.4 is 20.5 Å². The molecule has 0 fully saturated rings. The van der Waals surface area contributed by atoms with Crippen LogP contribution in [0.1, 0.15) is 22.3 Å². The van der Waals surface area contributed by atoms with Crippen LogP contribution in [0.4, 0.5) is 17.1 Å². The van der Waals surface area contributed by atoms with Crippen molar-refractivity contribution in [2.24, 2.45) is 0 Å². The zero-order valence-corrected chi connectivity index (χ0v) is 19.4. The molecule has 0 saturated heterocycles. The first-order valence-corrected chi connectivity index (χ1v) is 10.6. The quantitative estimate of drug-likeness (QED) is 0.237. The lowest BCUT2D eigenvalue weighted by Gasteiger charge is -2.19. The molecule has 0 aromatic heterocycles. The number of nitriles is 2. The van der Waals surface area contributed by atoms with Crippen LogP contribution in [0.25, 0.3) is 6.08 Å². The molecule has 0 spiro atoms. The number of ether oxygens (including phenoxy) is 3. The third-order valence-electron chi connectivity index (χ3n) is 5.00. The van der Waals surface area contributed by atoms with Gasteiger partial charge in [-0.15, -0.1) is 0 Å². The maximum absolute atomic E-state index is 9.01. The molecule has 7 heteroatoms. The van der Waals surface area contributed by atoms with Crippen molar-refractivity contribution in [2.45, 2.75) is 13.8 Å². The van der Waals surface area contributed by atoms with Crippen molar-refractivity contribution < 1.29 is 14.2 Å². The largest absolute Gasteiger partial charge is 0.487 e. The summed E-state index contributed by atoms with van der Waals surface area (Å²) in [5, 5.41) is 21.1. The minimum absolute atomic E-state index is 0.338. The fourth-order valence-corrected chi connectivity index (χ4v) is 3.38. The summed E-state index contributed by atoms with van der Waals surface area (Å²) in [7, 11) is 1.61. The number of nitrogens with two attached hydrogens (primary N) is 1. The summed E-state index contributed by atoms with van der Waals surface area (Å²) in [6.07, 6.45) is 3.20.